The van der Waals surface area contributed by atoms with Gasteiger partial charge in [-0.1, -0.05) is 65.3 Å². The highest BCUT2D eigenvalue weighted by atomic mass is 35.5. The van der Waals surface area contributed by atoms with E-state index in [1.807, 2.05) is 27.7 Å². The minimum absolute atomic E-state index is 0.00893. The first-order valence-electron chi connectivity index (χ1n) is 24.0. The van der Waals surface area contributed by atoms with E-state index in [0.717, 1.165) is 0 Å². The van der Waals surface area contributed by atoms with Crippen LogP contribution in [-0.4, -0.2) is 136 Å². The number of hydrogen-bond acceptors (Lipinski definition) is 13. The molecule has 1 aromatic rings. The lowest BCUT2D eigenvalue weighted by Crippen LogP contribution is -2.63. The first-order chi connectivity index (χ1) is 33.3. The molecule has 0 heterocycles. The Morgan fingerprint density at radius 1 is 0.569 bits per heavy atom. The second-order valence-electron chi connectivity index (χ2n) is 20.2. The van der Waals surface area contributed by atoms with E-state index in [2.05, 4.69) is 42.5 Å². The van der Waals surface area contributed by atoms with E-state index >= 15 is 0 Å². The molecule has 0 radical (unpaired) electrons. The van der Waals surface area contributed by atoms with Crippen LogP contribution in [-0.2, 0) is 54.4 Å². The predicted molar refractivity (Wildman–Crippen MR) is 275 cm³/mol. The van der Waals surface area contributed by atoms with Gasteiger partial charge in [0, 0.05) is 17.9 Å². The molecule has 1 rings (SSSR count). The maximum Gasteiger partial charge on any atom is 0.245 e. The van der Waals surface area contributed by atoms with Gasteiger partial charge in [-0.2, -0.15) is 11.8 Å². The molecule has 0 bridgehead atoms. The molecular formula is C48H80ClN11O11S. The summed E-state index contributed by atoms with van der Waals surface area (Å²) in [6.07, 6.45) is 1.64. The van der Waals surface area contributed by atoms with E-state index in [1.54, 1.807) is 44.4 Å². The summed E-state index contributed by atoms with van der Waals surface area (Å²) in [7, 11) is 0. The minimum atomic E-state index is -1.65. The quantitative estimate of drug-likeness (QED) is 0.0436. The van der Waals surface area contributed by atoms with Gasteiger partial charge in [0.05, 0.1) is 12.6 Å². The molecule has 0 saturated heterocycles. The largest absolute Gasteiger partial charge is 0.394 e. The van der Waals surface area contributed by atoms with Gasteiger partial charge < -0.3 is 64.8 Å². The smallest absolute Gasteiger partial charge is 0.245 e. The second kappa shape index (κ2) is 30.5. The average molecular weight is 1050 g/mol. The first-order valence-corrected chi connectivity index (χ1v) is 25.8. The van der Waals surface area contributed by atoms with Gasteiger partial charge in [-0.3, -0.25) is 47.9 Å². The maximum atomic E-state index is 14.3. The molecule has 0 aromatic heterocycles. The molecule has 24 heteroatoms. The number of aliphatic hydroxyl groups excluding tert-OH is 1. The number of aliphatic hydroxyl groups is 1. The van der Waals surface area contributed by atoms with Gasteiger partial charge in [-0.15, -0.1) is 0 Å². The zero-order valence-corrected chi connectivity index (χ0v) is 45.1. The van der Waals surface area contributed by atoms with Crippen molar-refractivity contribution in [3.05, 3.63) is 34.9 Å². The highest BCUT2D eigenvalue weighted by Gasteiger charge is 2.38. The Hall–Kier alpha value is -5.52. The molecule has 15 N–H and O–H groups in total. The van der Waals surface area contributed by atoms with Crippen LogP contribution in [0, 0.1) is 17.8 Å². The topological polar surface area (TPSA) is 365 Å². The first kappa shape index (κ1) is 64.5. The third-order valence-electron chi connectivity index (χ3n) is 11.1. The molecule has 0 aliphatic carbocycles. The number of amides is 10. The van der Waals surface area contributed by atoms with Crippen molar-refractivity contribution in [3.8, 4) is 0 Å². The normalized spacial score (nSPS) is 14.6. The summed E-state index contributed by atoms with van der Waals surface area (Å²) in [6.45, 7) is 15.6. The van der Waals surface area contributed by atoms with Crippen LogP contribution < -0.4 is 59.7 Å². The second-order valence-corrected chi connectivity index (χ2v) is 21.6. The molecule has 7 atom stereocenters. The standard InChI is InChI=1S/C48H80ClN11O11S/c1-25(2)20-30(50)39(64)59-47(7,8)46(71)58-36(24-61)43(68)56-35(23-28-12-14-29(49)15-13-28)42(67)55-34(22-27(5)6)41(66)54-32(18-19-72-11)40(65)53-31(16-17-37(51)62)44(69)60-48(9,10)45(70)57-33(38(52)63)21-26(3)4/h12-15,25-27,30-36,61H,16-24,50H2,1-11H3,(H2,51,62)(H2,52,63)(H,53,65)(H,54,66)(H,55,67)(H,56,68)(H,57,70)(H,58,71)(H,59,64)(H,60,69)/t30-,31-,32-,33-,34-,35-,36-/m0/s1. The fraction of sp³-hybridized carbons (Fsp3) is 0.667. The lowest BCUT2D eigenvalue weighted by molar-refractivity contribution is -0.137. The Morgan fingerprint density at radius 2 is 0.986 bits per heavy atom. The number of primary amides is 2. The number of carbonyl (C=O) groups excluding carboxylic acids is 10. The van der Waals surface area contributed by atoms with E-state index in [4.69, 9.17) is 28.8 Å². The van der Waals surface area contributed by atoms with Crippen molar-refractivity contribution in [2.75, 3.05) is 18.6 Å². The van der Waals surface area contributed by atoms with Crippen LogP contribution in [0.3, 0.4) is 0 Å². The summed E-state index contributed by atoms with van der Waals surface area (Å²) in [5.74, 6) is -7.86. The number of hydrogen-bond donors (Lipinski definition) is 12. The average Bonchev–Trinajstić information content (AvgIpc) is 3.26. The van der Waals surface area contributed by atoms with Crippen molar-refractivity contribution in [3.63, 3.8) is 0 Å². The predicted octanol–water partition coefficient (Wildman–Crippen LogP) is -0.457. The van der Waals surface area contributed by atoms with Crippen molar-refractivity contribution in [1.82, 2.24) is 42.5 Å². The van der Waals surface area contributed by atoms with Crippen LogP contribution in [0.1, 0.15) is 113 Å². The number of thioether (sulfide) groups is 1. The SMILES string of the molecule is CSCC[C@H](NC(=O)[C@H](CC(C)C)NC(=O)[C@H](Cc1ccc(Cl)cc1)NC(=O)[C@H](CO)NC(=O)C(C)(C)NC(=O)[C@@H](N)CC(C)C)C(=O)N[C@@H](CCC(N)=O)C(=O)NC(C)(C)C(=O)N[C@@H](CC(C)C)C(N)=O. The molecule has 0 spiro atoms. The summed E-state index contributed by atoms with van der Waals surface area (Å²) in [5, 5.41) is 31.3. The van der Waals surface area contributed by atoms with Gasteiger partial charge >= 0.3 is 0 Å². The van der Waals surface area contributed by atoms with Crippen LogP contribution in [0.15, 0.2) is 24.3 Å². The van der Waals surface area contributed by atoms with Crippen molar-refractivity contribution in [2.24, 2.45) is 35.0 Å². The molecule has 0 aliphatic rings. The van der Waals surface area contributed by atoms with Crippen LogP contribution in [0.2, 0.25) is 5.02 Å². The molecular weight excluding hydrogens is 974 g/mol. The Labute approximate surface area is 432 Å². The van der Waals surface area contributed by atoms with Crippen molar-refractivity contribution >= 4 is 82.4 Å². The molecule has 0 saturated carbocycles. The van der Waals surface area contributed by atoms with Crippen LogP contribution in [0.5, 0.6) is 0 Å². The highest BCUT2D eigenvalue weighted by Crippen LogP contribution is 2.15. The number of carbonyl (C=O) groups is 10. The van der Waals surface area contributed by atoms with Crippen LogP contribution in [0.25, 0.3) is 0 Å². The number of halogens is 1. The Kier molecular flexibility index (Phi) is 27.3. The molecule has 72 heavy (non-hydrogen) atoms. The molecule has 10 amide bonds. The Morgan fingerprint density at radius 3 is 1.46 bits per heavy atom. The van der Waals surface area contributed by atoms with Gasteiger partial charge in [0.2, 0.25) is 59.1 Å². The van der Waals surface area contributed by atoms with E-state index < -0.39 is 119 Å². The van der Waals surface area contributed by atoms with Crippen molar-refractivity contribution in [2.45, 2.75) is 168 Å². The van der Waals surface area contributed by atoms with Crippen molar-refractivity contribution in [1.29, 1.82) is 0 Å². The zero-order chi connectivity index (χ0) is 55.3. The lowest BCUT2D eigenvalue weighted by atomic mass is 9.99. The summed E-state index contributed by atoms with van der Waals surface area (Å²) in [4.78, 5) is 134. The lowest BCUT2D eigenvalue weighted by Gasteiger charge is -2.31. The summed E-state index contributed by atoms with van der Waals surface area (Å²) >= 11 is 7.47. The third kappa shape index (κ3) is 23.4. The number of benzene rings is 1. The minimum Gasteiger partial charge on any atom is -0.394 e. The van der Waals surface area contributed by atoms with Gasteiger partial charge in [0.15, 0.2) is 0 Å². The van der Waals surface area contributed by atoms with E-state index in [9.17, 15) is 53.1 Å². The number of nitrogens with one attached hydrogen (secondary N) is 8. The fourth-order valence-electron chi connectivity index (χ4n) is 7.03. The van der Waals surface area contributed by atoms with Gasteiger partial charge in [0.1, 0.15) is 47.3 Å². The number of rotatable bonds is 32. The van der Waals surface area contributed by atoms with Crippen molar-refractivity contribution < 1.29 is 53.1 Å². The molecule has 406 valence electrons. The van der Waals surface area contributed by atoms with E-state index in [0.29, 0.717) is 22.8 Å². The molecule has 22 nitrogen and oxygen atoms in total. The Balaban J connectivity index is 3.48. The molecule has 0 fully saturated rings. The zero-order valence-electron chi connectivity index (χ0n) is 43.5. The molecule has 1 aromatic carbocycles. The summed E-state index contributed by atoms with van der Waals surface area (Å²) in [6, 6.07) is -2.66. The monoisotopic (exact) mass is 1050 g/mol. The summed E-state index contributed by atoms with van der Waals surface area (Å²) in [5.41, 5.74) is 14.2. The van der Waals surface area contributed by atoms with Gasteiger partial charge in [-0.05, 0) is 107 Å². The highest BCUT2D eigenvalue weighted by molar-refractivity contribution is 7.98. The Bertz CT molecular complexity index is 2040. The van der Waals surface area contributed by atoms with E-state index in [1.165, 1.54) is 39.5 Å². The van der Waals surface area contributed by atoms with Gasteiger partial charge in [-0.25, -0.2) is 0 Å². The molecule has 0 aliphatic heterocycles. The molecule has 0 unspecified atom stereocenters. The van der Waals surface area contributed by atoms with Gasteiger partial charge in [0.25, 0.3) is 0 Å². The maximum absolute atomic E-state index is 14.3. The van der Waals surface area contributed by atoms with Crippen LogP contribution in [0.4, 0.5) is 0 Å². The fourth-order valence-corrected chi connectivity index (χ4v) is 7.63. The number of nitrogens with two attached hydrogens (primary N) is 3. The summed E-state index contributed by atoms with van der Waals surface area (Å²) < 4.78 is 0. The van der Waals surface area contributed by atoms with E-state index in [-0.39, 0.29) is 56.3 Å². The third-order valence-corrected chi connectivity index (χ3v) is 12.0. The van der Waals surface area contributed by atoms with Crippen LogP contribution >= 0.6 is 23.4 Å².